The lowest BCUT2D eigenvalue weighted by atomic mass is 9.84. The molecule has 2 aromatic rings. The van der Waals surface area contributed by atoms with Crippen molar-refractivity contribution in [1.29, 1.82) is 0 Å². The monoisotopic (exact) mass is 352 g/mol. The van der Waals surface area contributed by atoms with Gasteiger partial charge in [0.25, 0.3) is 0 Å². The van der Waals surface area contributed by atoms with Crippen molar-refractivity contribution in [3.05, 3.63) is 54.4 Å². The Morgan fingerprint density at radius 1 is 1.19 bits per heavy atom. The molecule has 3 atom stereocenters. The molecule has 0 bridgehead atoms. The molecule has 0 amide bonds. The van der Waals surface area contributed by atoms with Crippen LogP contribution in [0.2, 0.25) is 0 Å². The van der Waals surface area contributed by atoms with E-state index in [-0.39, 0.29) is 0 Å². The Kier molecular flexibility index (Phi) is 4.89. The van der Waals surface area contributed by atoms with Gasteiger partial charge in [-0.2, -0.15) is 0 Å². The topological polar surface area (TPSA) is 62.7 Å². The summed E-state index contributed by atoms with van der Waals surface area (Å²) in [6.45, 7) is 0.606. The van der Waals surface area contributed by atoms with Gasteiger partial charge < -0.3 is 9.84 Å². The van der Waals surface area contributed by atoms with E-state index in [1.807, 2.05) is 36.4 Å². The average Bonchev–Trinajstić information content (AvgIpc) is 3.03. The number of nitrogens with zero attached hydrogens (tertiary/aromatic N) is 2. The second kappa shape index (κ2) is 7.46. The van der Waals surface area contributed by atoms with Crippen LogP contribution in [0.25, 0.3) is 0 Å². The minimum atomic E-state index is -0.704. The zero-order chi connectivity index (χ0) is 17.9. The highest BCUT2D eigenvalue weighted by molar-refractivity contribution is 5.74. The number of hydrogen-bond acceptors (Lipinski definition) is 4. The van der Waals surface area contributed by atoms with Gasteiger partial charge in [-0.1, -0.05) is 31.0 Å². The number of para-hydroxylation sites is 1. The summed E-state index contributed by atoms with van der Waals surface area (Å²) in [6.07, 6.45) is 8.83. The van der Waals surface area contributed by atoms with Crippen LogP contribution >= 0.6 is 0 Å². The zero-order valence-corrected chi connectivity index (χ0v) is 14.8. The number of pyridine rings is 1. The SMILES string of the molecule is O=C(O)C1CC2CCCCC2N1Cc1ccccc1Oc1cccnc1. The van der Waals surface area contributed by atoms with Gasteiger partial charge in [0.1, 0.15) is 17.5 Å². The maximum absolute atomic E-state index is 11.8. The summed E-state index contributed by atoms with van der Waals surface area (Å²) in [6, 6.07) is 11.6. The molecule has 1 saturated carbocycles. The van der Waals surface area contributed by atoms with Crippen LogP contribution in [0.3, 0.4) is 0 Å². The lowest BCUT2D eigenvalue weighted by molar-refractivity contribution is -0.142. The number of fused-ring (bicyclic) bond motifs is 1. The minimum Gasteiger partial charge on any atom is -0.480 e. The summed E-state index contributed by atoms with van der Waals surface area (Å²) < 4.78 is 6.01. The smallest absolute Gasteiger partial charge is 0.320 e. The Balaban J connectivity index is 1.58. The van der Waals surface area contributed by atoms with E-state index in [4.69, 9.17) is 4.74 Å². The molecule has 2 fully saturated rings. The van der Waals surface area contributed by atoms with Crippen molar-refractivity contribution in [1.82, 2.24) is 9.88 Å². The third-order valence-corrected chi connectivity index (χ3v) is 5.69. The largest absolute Gasteiger partial charge is 0.480 e. The van der Waals surface area contributed by atoms with Gasteiger partial charge in [0.2, 0.25) is 0 Å². The molecule has 2 heterocycles. The lowest BCUT2D eigenvalue weighted by Crippen LogP contribution is -2.41. The zero-order valence-electron chi connectivity index (χ0n) is 14.8. The molecular formula is C21H24N2O3. The van der Waals surface area contributed by atoms with Gasteiger partial charge in [0.15, 0.2) is 0 Å². The predicted octanol–water partition coefficient (Wildman–Crippen LogP) is 4.09. The Bertz CT molecular complexity index is 765. The highest BCUT2D eigenvalue weighted by Gasteiger charge is 2.45. The standard InChI is InChI=1S/C21H24N2O3/c24-21(25)19-12-15-6-1-3-9-18(15)23(19)14-16-7-2-4-10-20(16)26-17-8-5-11-22-13-17/h2,4-5,7-8,10-11,13,15,18-19H,1,3,6,9,12,14H2,(H,24,25). The Morgan fingerprint density at radius 2 is 2.04 bits per heavy atom. The molecule has 2 aliphatic rings. The van der Waals surface area contributed by atoms with E-state index in [1.54, 1.807) is 12.4 Å². The van der Waals surface area contributed by atoms with Gasteiger partial charge in [-0.3, -0.25) is 14.7 Å². The second-order valence-electron chi connectivity index (χ2n) is 7.27. The molecular weight excluding hydrogens is 328 g/mol. The number of rotatable bonds is 5. The number of carboxylic acid groups (broad SMARTS) is 1. The third-order valence-electron chi connectivity index (χ3n) is 5.69. The van der Waals surface area contributed by atoms with Crippen LogP contribution in [-0.4, -0.2) is 33.0 Å². The highest BCUT2D eigenvalue weighted by atomic mass is 16.5. The maximum Gasteiger partial charge on any atom is 0.320 e. The van der Waals surface area contributed by atoms with Gasteiger partial charge in [0.05, 0.1) is 6.20 Å². The van der Waals surface area contributed by atoms with Gasteiger partial charge in [-0.05, 0) is 43.4 Å². The van der Waals surface area contributed by atoms with E-state index in [1.165, 1.54) is 12.8 Å². The highest BCUT2D eigenvalue weighted by Crippen LogP contribution is 2.41. The number of benzene rings is 1. The molecule has 26 heavy (non-hydrogen) atoms. The fourth-order valence-electron chi connectivity index (χ4n) is 4.49. The fraction of sp³-hybridized carbons (Fsp3) is 0.429. The summed E-state index contributed by atoms with van der Waals surface area (Å²) in [4.78, 5) is 18.1. The Labute approximate surface area is 153 Å². The van der Waals surface area contributed by atoms with Crippen LogP contribution in [0.15, 0.2) is 48.8 Å². The van der Waals surface area contributed by atoms with Crippen molar-refractivity contribution in [2.75, 3.05) is 0 Å². The number of aromatic nitrogens is 1. The molecule has 4 rings (SSSR count). The first kappa shape index (κ1) is 17.0. The Hall–Kier alpha value is -2.40. The molecule has 5 nitrogen and oxygen atoms in total. The van der Waals surface area contributed by atoms with Crippen molar-refractivity contribution in [3.8, 4) is 11.5 Å². The summed E-state index contributed by atoms with van der Waals surface area (Å²) in [5.74, 6) is 1.26. The van der Waals surface area contributed by atoms with Crippen molar-refractivity contribution < 1.29 is 14.6 Å². The van der Waals surface area contributed by atoms with E-state index in [0.717, 1.165) is 30.6 Å². The van der Waals surface area contributed by atoms with Crippen molar-refractivity contribution in [3.63, 3.8) is 0 Å². The van der Waals surface area contributed by atoms with Crippen LogP contribution < -0.4 is 4.74 Å². The fourth-order valence-corrected chi connectivity index (χ4v) is 4.49. The van der Waals surface area contributed by atoms with Gasteiger partial charge >= 0.3 is 5.97 Å². The van der Waals surface area contributed by atoms with E-state index in [0.29, 0.717) is 24.3 Å². The molecule has 1 saturated heterocycles. The minimum absolute atomic E-state index is 0.372. The number of ether oxygens (including phenoxy) is 1. The quantitative estimate of drug-likeness (QED) is 0.878. The van der Waals surface area contributed by atoms with Crippen LogP contribution in [0.4, 0.5) is 0 Å². The number of aliphatic carboxylic acids is 1. The second-order valence-corrected chi connectivity index (χ2v) is 7.27. The molecule has 1 aromatic heterocycles. The number of likely N-dealkylation sites (tertiary alicyclic amines) is 1. The van der Waals surface area contributed by atoms with Crippen molar-refractivity contribution in [2.24, 2.45) is 5.92 Å². The van der Waals surface area contributed by atoms with Crippen LogP contribution in [0, 0.1) is 5.92 Å². The summed E-state index contributed by atoms with van der Waals surface area (Å²) in [5, 5.41) is 9.73. The molecule has 1 N–H and O–H groups in total. The molecule has 3 unspecified atom stereocenters. The number of hydrogen-bond donors (Lipinski definition) is 1. The molecule has 1 aromatic carbocycles. The summed E-state index contributed by atoms with van der Waals surface area (Å²) in [7, 11) is 0. The number of carbonyl (C=O) groups is 1. The van der Waals surface area contributed by atoms with Crippen molar-refractivity contribution >= 4 is 5.97 Å². The van der Waals surface area contributed by atoms with Crippen LogP contribution in [0.1, 0.15) is 37.7 Å². The first-order valence-electron chi connectivity index (χ1n) is 9.36. The van der Waals surface area contributed by atoms with E-state index >= 15 is 0 Å². The summed E-state index contributed by atoms with van der Waals surface area (Å²) in [5.41, 5.74) is 1.02. The average molecular weight is 352 g/mol. The molecule has 0 spiro atoms. The van der Waals surface area contributed by atoms with E-state index in [9.17, 15) is 9.90 Å². The Morgan fingerprint density at radius 3 is 2.85 bits per heavy atom. The molecule has 1 aliphatic carbocycles. The van der Waals surface area contributed by atoms with E-state index < -0.39 is 12.0 Å². The molecule has 136 valence electrons. The van der Waals surface area contributed by atoms with Crippen LogP contribution in [0.5, 0.6) is 11.5 Å². The maximum atomic E-state index is 11.8. The predicted molar refractivity (Wildman–Crippen MR) is 98.1 cm³/mol. The van der Waals surface area contributed by atoms with Crippen LogP contribution in [-0.2, 0) is 11.3 Å². The normalized spacial score (nSPS) is 25.6. The number of carboxylic acids is 1. The molecule has 0 radical (unpaired) electrons. The van der Waals surface area contributed by atoms with Gasteiger partial charge in [-0.15, -0.1) is 0 Å². The van der Waals surface area contributed by atoms with E-state index in [2.05, 4.69) is 9.88 Å². The van der Waals surface area contributed by atoms with Gasteiger partial charge in [-0.25, -0.2) is 0 Å². The first-order chi connectivity index (χ1) is 12.7. The molecule has 5 heteroatoms. The summed E-state index contributed by atoms with van der Waals surface area (Å²) >= 11 is 0. The molecule has 1 aliphatic heterocycles. The first-order valence-corrected chi connectivity index (χ1v) is 9.36. The lowest BCUT2D eigenvalue weighted by Gasteiger charge is -2.33. The third kappa shape index (κ3) is 3.44. The van der Waals surface area contributed by atoms with Gasteiger partial charge in [0, 0.05) is 24.3 Å². The van der Waals surface area contributed by atoms with Crippen molar-refractivity contribution in [2.45, 2.75) is 50.7 Å².